The molecule has 2 amide bonds. The third kappa shape index (κ3) is 5.87. The molecule has 0 aliphatic carbocycles. The minimum Gasteiger partial charge on any atom is -0.482 e. The van der Waals surface area contributed by atoms with Crippen molar-refractivity contribution in [3.63, 3.8) is 0 Å². The van der Waals surface area contributed by atoms with E-state index in [2.05, 4.69) is 5.43 Å². The lowest BCUT2D eigenvalue weighted by atomic mass is 10.1. The summed E-state index contributed by atoms with van der Waals surface area (Å²) in [6, 6.07) is 11.8. The maximum Gasteiger partial charge on any atom is 0.344 e. The number of benzene rings is 2. The van der Waals surface area contributed by atoms with Crippen LogP contribution in [0.5, 0.6) is 5.75 Å². The molecule has 2 aromatic rings. The van der Waals surface area contributed by atoms with Crippen LogP contribution >= 0.6 is 35.6 Å². The third-order valence-corrected chi connectivity index (χ3v) is 5.83. The predicted octanol–water partition coefficient (Wildman–Crippen LogP) is 4.14. The summed E-state index contributed by atoms with van der Waals surface area (Å²) in [5.74, 6) is -0.936. The Balaban J connectivity index is 1.66. The van der Waals surface area contributed by atoms with Crippen LogP contribution in [0.2, 0.25) is 5.02 Å². The molecule has 0 unspecified atom stereocenters. The normalized spacial score (nSPS) is 14.6. The number of amides is 2. The highest BCUT2D eigenvalue weighted by molar-refractivity contribution is 8.26. The number of hydrogen-bond donors (Lipinski definition) is 1. The quantitative estimate of drug-likeness (QED) is 0.354. The Labute approximate surface area is 199 Å². The molecular weight excluding hydrogens is 472 g/mol. The number of hydrogen-bond acceptors (Lipinski definition) is 7. The number of aryl methyl sites for hydroxylation is 1. The van der Waals surface area contributed by atoms with Gasteiger partial charge in [-0.25, -0.2) is 4.79 Å². The van der Waals surface area contributed by atoms with Gasteiger partial charge in [0.15, 0.2) is 10.9 Å². The Kier molecular flexibility index (Phi) is 7.89. The van der Waals surface area contributed by atoms with Gasteiger partial charge >= 0.3 is 5.97 Å². The van der Waals surface area contributed by atoms with Crippen molar-refractivity contribution in [2.24, 2.45) is 0 Å². The molecule has 3 rings (SSSR count). The van der Waals surface area contributed by atoms with Gasteiger partial charge in [-0.3, -0.25) is 15.0 Å². The zero-order valence-corrected chi connectivity index (χ0v) is 19.6. The number of hydrazine groups is 1. The predicted molar refractivity (Wildman–Crippen MR) is 127 cm³/mol. The molecule has 7 nitrogen and oxygen atoms in total. The summed E-state index contributed by atoms with van der Waals surface area (Å²) in [5, 5.41) is 1.31. The smallest absolute Gasteiger partial charge is 0.344 e. The lowest BCUT2D eigenvalue weighted by Crippen LogP contribution is -2.44. The first-order valence-electron chi connectivity index (χ1n) is 9.52. The van der Waals surface area contributed by atoms with Crippen LogP contribution in [0.15, 0.2) is 47.4 Å². The van der Waals surface area contributed by atoms with E-state index in [1.807, 2.05) is 6.92 Å². The molecule has 0 bridgehead atoms. The van der Waals surface area contributed by atoms with Crippen molar-refractivity contribution in [1.29, 1.82) is 0 Å². The van der Waals surface area contributed by atoms with Gasteiger partial charge in [-0.15, -0.1) is 0 Å². The van der Waals surface area contributed by atoms with E-state index < -0.39 is 17.8 Å². The van der Waals surface area contributed by atoms with Crippen LogP contribution in [0.4, 0.5) is 0 Å². The number of esters is 1. The van der Waals surface area contributed by atoms with Crippen molar-refractivity contribution in [3.05, 3.63) is 69.1 Å². The Hall–Kier alpha value is -2.88. The van der Waals surface area contributed by atoms with Gasteiger partial charge in [0.2, 0.25) is 0 Å². The van der Waals surface area contributed by atoms with Crippen LogP contribution in [0.3, 0.4) is 0 Å². The Morgan fingerprint density at radius 2 is 1.94 bits per heavy atom. The Bertz CT molecular complexity index is 1100. The largest absolute Gasteiger partial charge is 0.482 e. The second-order valence-corrected chi connectivity index (χ2v) is 8.69. The highest BCUT2D eigenvalue weighted by Crippen LogP contribution is 2.32. The molecule has 1 N–H and O–H groups in total. The van der Waals surface area contributed by atoms with E-state index in [4.69, 9.17) is 33.3 Å². The topological polar surface area (TPSA) is 84.9 Å². The number of carbonyl (C=O) groups is 3. The molecule has 1 fully saturated rings. The van der Waals surface area contributed by atoms with Crippen LogP contribution in [0.25, 0.3) is 6.08 Å². The van der Waals surface area contributed by atoms with Gasteiger partial charge in [0.25, 0.3) is 11.8 Å². The van der Waals surface area contributed by atoms with Crippen LogP contribution in [0.1, 0.15) is 28.4 Å². The summed E-state index contributed by atoms with van der Waals surface area (Å²) in [6.45, 7) is 3.69. The summed E-state index contributed by atoms with van der Waals surface area (Å²) in [7, 11) is 0. The summed E-state index contributed by atoms with van der Waals surface area (Å²) in [4.78, 5) is 37.0. The molecule has 32 heavy (non-hydrogen) atoms. The second kappa shape index (κ2) is 10.6. The average Bonchev–Trinajstić information content (AvgIpc) is 3.00. The van der Waals surface area contributed by atoms with Gasteiger partial charge in [0, 0.05) is 0 Å². The number of nitrogens with zero attached hydrogens (tertiary/aromatic N) is 1. The molecule has 0 spiro atoms. The number of rotatable bonds is 7. The molecule has 1 saturated heterocycles. The van der Waals surface area contributed by atoms with Crippen molar-refractivity contribution in [2.45, 2.75) is 13.8 Å². The number of nitrogens with one attached hydrogen (secondary N) is 1. The fourth-order valence-corrected chi connectivity index (χ4v) is 4.19. The standard InChI is InChI=1S/C22H19ClN2O5S2/c1-3-29-19(26)12-30-15-7-5-14(6-8-15)11-18-21(28)25(22(31)32-18)24-20(27)16-9-4-13(2)10-17(16)23/h4-11H,3,12H2,1-2H3,(H,24,27)/b18-11-. The first-order valence-corrected chi connectivity index (χ1v) is 11.1. The van der Waals surface area contributed by atoms with E-state index in [9.17, 15) is 14.4 Å². The molecule has 166 valence electrons. The average molecular weight is 491 g/mol. The van der Waals surface area contributed by atoms with Crippen molar-refractivity contribution in [3.8, 4) is 5.75 Å². The van der Waals surface area contributed by atoms with E-state index in [-0.39, 0.29) is 28.1 Å². The first kappa shape index (κ1) is 23.8. The van der Waals surface area contributed by atoms with Gasteiger partial charge < -0.3 is 9.47 Å². The molecule has 0 aromatic heterocycles. The van der Waals surface area contributed by atoms with Crippen molar-refractivity contribution >= 4 is 63.8 Å². The van der Waals surface area contributed by atoms with E-state index >= 15 is 0 Å². The maximum atomic E-state index is 12.8. The first-order chi connectivity index (χ1) is 15.3. The van der Waals surface area contributed by atoms with Crippen LogP contribution in [0, 0.1) is 6.92 Å². The summed E-state index contributed by atoms with van der Waals surface area (Å²) >= 11 is 12.5. The van der Waals surface area contributed by atoms with Gasteiger partial charge in [-0.1, -0.05) is 41.6 Å². The lowest BCUT2D eigenvalue weighted by Gasteiger charge is -2.16. The van der Waals surface area contributed by atoms with Crippen molar-refractivity contribution in [1.82, 2.24) is 10.4 Å². The minimum absolute atomic E-state index is 0.184. The van der Waals surface area contributed by atoms with Crippen LogP contribution < -0.4 is 10.2 Å². The lowest BCUT2D eigenvalue weighted by molar-refractivity contribution is -0.145. The van der Waals surface area contributed by atoms with Gasteiger partial charge in [-0.05, 0) is 67.5 Å². The van der Waals surface area contributed by atoms with Crippen molar-refractivity contribution in [2.75, 3.05) is 13.2 Å². The van der Waals surface area contributed by atoms with Gasteiger partial charge in [0.05, 0.1) is 22.1 Å². The Morgan fingerprint density at radius 3 is 2.59 bits per heavy atom. The summed E-state index contributed by atoms with van der Waals surface area (Å²) in [5.41, 5.74) is 4.39. The minimum atomic E-state index is -0.532. The third-order valence-electron chi connectivity index (χ3n) is 4.22. The Morgan fingerprint density at radius 1 is 1.22 bits per heavy atom. The summed E-state index contributed by atoms with van der Waals surface area (Å²) in [6.07, 6.45) is 1.65. The molecule has 0 saturated carbocycles. The molecule has 1 aliphatic rings. The second-order valence-electron chi connectivity index (χ2n) is 6.60. The van der Waals surface area contributed by atoms with Crippen LogP contribution in [-0.2, 0) is 14.3 Å². The van der Waals surface area contributed by atoms with Gasteiger partial charge in [0.1, 0.15) is 5.75 Å². The number of ether oxygens (including phenoxy) is 2. The molecule has 10 heteroatoms. The van der Waals surface area contributed by atoms with Crippen molar-refractivity contribution < 1.29 is 23.9 Å². The maximum absolute atomic E-state index is 12.8. The van der Waals surface area contributed by atoms with E-state index in [1.54, 1.807) is 55.5 Å². The highest BCUT2D eigenvalue weighted by Gasteiger charge is 2.34. The zero-order valence-electron chi connectivity index (χ0n) is 17.2. The monoisotopic (exact) mass is 490 g/mol. The van der Waals surface area contributed by atoms with E-state index in [1.165, 1.54) is 0 Å². The fourth-order valence-electron chi connectivity index (χ4n) is 2.69. The molecular formula is C22H19ClN2O5S2. The number of thiocarbonyl (C=S) groups is 1. The SMILES string of the molecule is CCOC(=O)COc1ccc(/C=C2\SC(=S)N(NC(=O)c3ccc(C)cc3Cl)C2=O)cc1. The van der Waals surface area contributed by atoms with Crippen LogP contribution in [-0.4, -0.2) is 40.3 Å². The molecule has 0 radical (unpaired) electrons. The fraction of sp³-hybridized carbons (Fsp3) is 0.182. The zero-order chi connectivity index (χ0) is 23.3. The highest BCUT2D eigenvalue weighted by atomic mass is 35.5. The summed E-state index contributed by atoms with van der Waals surface area (Å²) < 4.78 is 10.4. The van der Waals surface area contributed by atoms with Gasteiger partial charge in [-0.2, -0.15) is 5.01 Å². The molecule has 1 aliphatic heterocycles. The van der Waals surface area contributed by atoms with E-state index in [0.717, 1.165) is 27.9 Å². The number of thioether (sulfide) groups is 1. The van der Waals surface area contributed by atoms with E-state index in [0.29, 0.717) is 10.7 Å². The number of carbonyl (C=O) groups excluding carboxylic acids is 3. The molecule has 2 aromatic carbocycles. The molecule has 1 heterocycles. The number of halogens is 1. The molecule has 0 atom stereocenters.